The molecule has 0 heterocycles. The topological polar surface area (TPSA) is 72.2 Å². The standard InChI is InChI=1S/C17H18N2O2S2/c1-11-7-8-12(22-2)9-13(11)17(21)19-14-5-3-4-6-15(14)23-10-16(18)20/h3-9H,10H2,1-2H3,(H2,18,20)(H,19,21). The molecule has 2 aromatic carbocycles. The van der Waals surface area contributed by atoms with Gasteiger partial charge >= 0.3 is 0 Å². The third-order valence-electron chi connectivity index (χ3n) is 3.19. The Bertz CT molecular complexity index is 732. The molecule has 0 unspecified atom stereocenters. The van der Waals surface area contributed by atoms with Gasteiger partial charge in [0.05, 0.1) is 11.4 Å². The Balaban J connectivity index is 2.22. The molecule has 0 aromatic heterocycles. The van der Waals surface area contributed by atoms with Crippen LogP contribution >= 0.6 is 23.5 Å². The number of carbonyl (C=O) groups excluding carboxylic acids is 2. The maximum atomic E-state index is 12.6. The van der Waals surface area contributed by atoms with Crippen molar-refractivity contribution in [3.05, 3.63) is 53.6 Å². The average Bonchev–Trinajstić information content (AvgIpc) is 2.54. The molecule has 0 bridgehead atoms. The van der Waals surface area contributed by atoms with E-state index in [1.807, 2.05) is 55.6 Å². The Kier molecular flexibility index (Phi) is 6.12. The second kappa shape index (κ2) is 8.08. The van der Waals surface area contributed by atoms with Crippen LogP contribution < -0.4 is 11.1 Å². The number of primary amides is 1. The molecule has 0 saturated carbocycles. The van der Waals surface area contributed by atoms with E-state index < -0.39 is 0 Å². The number of aryl methyl sites for hydroxylation is 1. The monoisotopic (exact) mass is 346 g/mol. The molecule has 0 atom stereocenters. The van der Waals surface area contributed by atoms with Crippen LogP contribution in [0.15, 0.2) is 52.3 Å². The number of hydrogen-bond acceptors (Lipinski definition) is 4. The van der Waals surface area contributed by atoms with Gasteiger partial charge in [0.2, 0.25) is 5.91 Å². The number of benzene rings is 2. The molecule has 0 radical (unpaired) electrons. The second-order valence-corrected chi connectivity index (χ2v) is 6.78. The number of nitrogens with two attached hydrogens (primary N) is 1. The van der Waals surface area contributed by atoms with Crippen LogP contribution in [0.25, 0.3) is 0 Å². The number of thioether (sulfide) groups is 2. The molecule has 2 rings (SSSR count). The molecule has 0 fully saturated rings. The summed E-state index contributed by atoms with van der Waals surface area (Å²) in [7, 11) is 0. The average molecular weight is 346 g/mol. The highest BCUT2D eigenvalue weighted by Gasteiger charge is 2.12. The highest BCUT2D eigenvalue weighted by atomic mass is 32.2. The smallest absolute Gasteiger partial charge is 0.256 e. The zero-order valence-corrected chi connectivity index (χ0v) is 14.6. The normalized spacial score (nSPS) is 10.3. The predicted octanol–water partition coefficient (Wildman–Crippen LogP) is 3.55. The van der Waals surface area contributed by atoms with Crippen LogP contribution in [0.2, 0.25) is 0 Å². The van der Waals surface area contributed by atoms with Gasteiger partial charge in [-0.2, -0.15) is 0 Å². The molecule has 0 spiro atoms. The van der Waals surface area contributed by atoms with Crippen molar-refractivity contribution >= 4 is 41.0 Å². The molecule has 120 valence electrons. The summed E-state index contributed by atoms with van der Waals surface area (Å²) in [6.45, 7) is 1.91. The number of hydrogen-bond donors (Lipinski definition) is 2. The Labute approximate surface area is 144 Å². The van der Waals surface area contributed by atoms with Gasteiger partial charge in [0.25, 0.3) is 5.91 Å². The van der Waals surface area contributed by atoms with Crippen molar-refractivity contribution in [1.82, 2.24) is 0 Å². The third-order valence-corrected chi connectivity index (χ3v) is 5.02. The first kappa shape index (κ1) is 17.4. The van der Waals surface area contributed by atoms with Gasteiger partial charge in [0.1, 0.15) is 0 Å². The first-order valence-electron chi connectivity index (χ1n) is 6.97. The SMILES string of the molecule is CSc1ccc(C)c(C(=O)Nc2ccccc2SCC(N)=O)c1. The summed E-state index contributed by atoms with van der Waals surface area (Å²) < 4.78 is 0. The molecular formula is C17H18N2O2S2. The highest BCUT2D eigenvalue weighted by molar-refractivity contribution is 8.00. The molecule has 0 aliphatic carbocycles. The van der Waals surface area contributed by atoms with Crippen molar-refractivity contribution < 1.29 is 9.59 Å². The molecule has 2 aromatic rings. The van der Waals surface area contributed by atoms with E-state index in [0.717, 1.165) is 15.4 Å². The molecule has 0 aliphatic rings. The van der Waals surface area contributed by atoms with Crippen LogP contribution in [-0.2, 0) is 4.79 Å². The molecule has 6 heteroatoms. The summed E-state index contributed by atoms with van der Waals surface area (Å²) in [6, 6.07) is 13.2. The Hall–Kier alpha value is -1.92. The predicted molar refractivity (Wildman–Crippen MR) is 97.3 cm³/mol. The van der Waals surface area contributed by atoms with E-state index in [1.54, 1.807) is 11.8 Å². The molecule has 23 heavy (non-hydrogen) atoms. The van der Waals surface area contributed by atoms with Gasteiger partial charge in [-0.15, -0.1) is 23.5 Å². The summed E-state index contributed by atoms with van der Waals surface area (Å²) in [5.74, 6) is -0.376. The molecular weight excluding hydrogens is 328 g/mol. The fourth-order valence-corrected chi connectivity index (χ4v) is 3.19. The van der Waals surface area contributed by atoms with Crippen molar-refractivity contribution in [3.8, 4) is 0 Å². The summed E-state index contributed by atoms with van der Waals surface area (Å²) in [6.07, 6.45) is 1.97. The summed E-state index contributed by atoms with van der Waals surface area (Å²) >= 11 is 2.91. The fraction of sp³-hybridized carbons (Fsp3) is 0.176. The van der Waals surface area contributed by atoms with Gasteiger partial charge in [-0.1, -0.05) is 18.2 Å². The van der Waals surface area contributed by atoms with Crippen LogP contribution in [0, 0.1) is 6.92 Å². The number of rotatable bonds is 6. The van der Waals surface area contributed by atoms with Crippen LogP contribution in [0.4, 0.5) is 5.69 Å². The lowest BCUT2D eigenvalue weighted by Gasteiger charge is -2.12. The number of carbonyl (C=O) groups is 2. The fourth-order valence-electron chi connectivity index (χ4n) is 2.01. The Morgan fingerprint density at radius 2 is 1.91 bits per heavy atom. The first-order valence-corrected chi connectivity index (χ1v) is 9.18. The van der Waals surface area contributed by atoms with Gasteiger partial charge in [-0.3, -0.25) is 9.59 Å². The van der Waals surface area contributed by atoms with E-state index in [0.29, 0.717) is 11.3 Å². The van der Waals surface area contributed by atoms with Crippen molar-refractivity contribution in [1.29, 1.82) is 0 Å². The van der Waals surface area contributed by atoms with Gasteiger partial charge < -0.3 is 11.1 Å². The van der Waals surface area contributed by atoms with Gasteiger partial charge in [-0.05, 0) is 43.0 Å². The van der Waals surface area contributed by atoms with Gasteiger partial charge in [-0.25, -0.2) is 0 Å². The molecule has 0 saturated heterocycles. The van der Waals surface area contributed by atoms with Crippen molar-refractivity contribution in [2.24, 2.45) is 5.73 Å². The lowest BCUT2D eigenvalue weighted by molar-refractivity contribution is -0.115. The van der Waals surface area contributed by atoms with E-state index in [-0.39, 0.29) is 17.6 Å². The van der Waals surface area contributed by atoms with Gasteiger partial charge in [0.15, 0.2) is 0 Å². The second-order valence-electron chi connectivity index (χ2n) is 4.89. The zero-order valence-electron chi connectivity index (χ0n) is 13.0. The van der Waals surface area contributed by atoms with E-state index in [1.165, 1.54) is 11.8 Å². The minimum absolute atomic E-state index is 0.162. The first-order chi connectivity index (χ1) is 11.0. The van der Waals surface area contributed by atoms with Crippen molar-refractivity contribution in [3.63, 3.8) is 0 Å². The number of nitrogens with one attached hydrogen (secondary N) is 1. The number of amides is 2. The maximum absolute atomic E-state index is 12.6. The lowest BCUT2D eigenvalue weighted by Crippen LogP contribution is -2.15. The summed E-state index contributed by atoms with van der Waals surface area (Å²) in [5, 5.41) is 2.92. The van der Waals surface area contributed by atoms with Crippen LogP contribution in [0.3, 0.4) is 0 Å². The van der Waals surface area contributed by atoms with E-state index in [4.69, 9.17) is 5.73 Å². The molecule has 3 N–H and O–H groups in total. The quantitative estimate of drug-likeness (QED) is 0.785. The minimum atomic E-state index is -0.389. The van der Waals surface area contributed by atoms with Crippen molar-refractivity contribution in [2.45, 2.75) is 16.7 Å². The summed E-state index contributed by atoms with van der Waals surface area (Å²) in [5.41, 5.74) is 7.43. The van der Waals surface area contributed by atoms with Crippen LogP contribution in [0.5, 0.6) is 0 Å². The van der Waals surface area contributed by atoms with Crippen molar-refractivity contribution in [2.75, 3.05) is 17.3 Å². The van der Waals surface area contributed by atoms with E-state index >= 15 is 0 Å². The maximum Gasteiger partial charge on any atom is 0.256 e. The zero-order chi connectivity index (χ0) is 16.8. The number of para-hydroxylation sites is 1. The number of anilines is 1. The highest BCUT2D eigenvalue weighted by Crippen LogP contribution is 2.28. The lowest BCUT2D eigenvalue weighted by atomic mass is 10.1. The van der Waals surface area contributed by atoms with Crippen LogP contribution in [-0.4, -0.2) is 23.8 Å². The van der Waals surface area contributed by atoms with Crippen LogP contribution in [0.1, 0.15) is 15.9 Å². The third kappa shape index (κ3) is 4.77. The molecule has 0 aliphatic heterocycles. The summed E-state index contributed by atoms with van der Waals surface area (Å²) in [4.78, 5) is 25.4. The molecule has 4 nitrogen and oxygen atoms in total. The minimum Gasteiger partial charge on any atom is -0.369 e. The largest absolute Gasteiger partial charge is 0.369 e. The van der Waals surface area contributed by atoms with E-state index in [9.17, 15) is 9.59 Å². The van der Waals surface area contributed by atoms with E-state index in [2.05, 4.69) is 5.32 Å². The Morgan fingerprint density at radius 3 is 2.61 bits per heavy atom. The molecule has 2 amide bonds. The Morgan fingerprint density at radius 1 is 1.17 bits per heavy atom. The van der Waals surface area contributed by atoms with Gasteiger partial charge in [0, 0.05) is 15.4 Å².